The second-order valence-corrected chi connectivity index (χ2v) is 8.29. The van der Waals surface area contributed by atoms with Gasteiger partial charge in [0.15, 0.2) is 0 Å². The van der Waals surface area contributed by atoms with Crippen LogP contribution < -0.4 is 5.32 Å². The highest BCUT2D eigenvalue weighted by molar-refractivity contribution is 14.1. The predicted octanol–water partition coefficient (Wildman–Crippen LogP) is 4.03. The lowest BCUT2D eigenvalue weighted by Crippen LogP contribution is -2.63. The van der Waals surface area contributed by atoms with Gasteiger partial charge in [-0.1, -0.05) is 25.5 Å². The number of hydrogen-bond acceptors (Lipinski definition) is 2. The molecule has 2 aliphatic rings. The lowest BCUT2D eigenvalue weighted by molar-refractivity contribution is 0.0638. The molecule has 1 heterocycles. The number of nitrogens with one attached hydrogen (secondary N) is 1. The summed E-state index contributed by atoms with van der Waals surface area (Å²) in [5.41, 5.74) is 1.80. The molecule has 3 rings (SSSR count). The maximum atomic E-state index is 3.87. The average Bonchev–Trinajstić information content (AvgIpc) is 3.30. The summed E-state index contributed by atoms with van der Waals surface area (Å²) >= 11 is 2.38. The van der Waals surface area contributed by atoms with Gasteiger partial charge in [0.05, 0.1) is 0 Å². The molecule has 1 N–H and O–H groups in total. The van der Waals surface area contributed by atoms with Crippen molar-refractivity contribution in [1.82, 2.24) is 10.2 Å². The van der Waals surface area contributed by atoms with E-state index in [9.17, 15) is 0 Å². The van der Waals surface area contributed by atoms with Crippen LogP contribution in [0.4, 0.5) is 0 Å². The van der Waals surface area contributed by atoms with Crippen LogP contribution >= 0.6 is 22.6 Å². The number of nitrogens with zero attached hydrogens (tertiary/aromatic N) is 1. The van der Waals surface area contributed by atoms with Crippen LogP contribution in [0.3, 0.4) is 0 Å². The monoisotopic (exact) mass is 398 g/mol. The zero-order valence-electron chi connectivity index (χ0n) is 13.2. The van der Waals surface area contributed by atoms with Gasteiger partial charge in [-0.3, -0.25) is 4.90 Å². The molecule has 0 amide bonds. The second kappa shape index (κ2) is 6.55. The van der Waals surface area contributed by atoms with Gasteiger partial charge in [-0.05, 0) is 72.4 Å². The molecule has 2 atom stereocenters. The topological polar surface area (TPSA) is 15.3 Å². The van der Waals surface area contributed by atoms with Crippen molar-refractivity contribution in [2.45, 2.75) is 57.7 Å². The van der Waals surface area contributed by atoms with Crippen LogP contribution in [0.1, 0.15) is 45.1 Å². The molecular weight excluding hydrogens is 371 g/mol. The fourth-order valence-corrected chi connectivity index (χ4v) is 4.07. The Morgan fingerprint density at radius 1 is 1.29 bits per heavy atom. The summed E-state index contributed by atoms with van der Waals surface area (Å²) in [6.45, 7) is 8.20. The van der Waals surface area contributed by atoms with Gasteiger partial charge in [0, 0.05) is 34.8 Å². The van der Waals surface area contributed by atoms with Gasteiger partial charge in [0.2, 0.25) is 0 Å². The molecule has 1 saturated carbocycles. The molecular formula is C18H27IN2. The minimum Gasteiger partial charge on any atom is -0.308 e. The van der Waals surface area contributed by atoms with Crippen molar-refractivity contribution in [2.75, 3.05) is 13.1 Å². The van der Waals surface area contributed by atoms with Gasteiger partial charge in [-0.15, -0.1) is 0 Å². The largest absolute Gasteiger partial charge is 0.308 e. The average molecular weight is 398 g/mol. The molecule has 1 aromatic rings. The standard InChI is InChI=1S/C18H27IN2/c1-3-4-17-11-20-18(2,15-7-8-15)13-21(17)12-14-5-9-16(19)10-6-14/h5-6,9-10,15,17,20H,3-4,7-8,11-13H2,1-2H3. The number of halogens is 1. The Bertz CT molecular complexity index is 469. The first-order valence-electron chi connectivity index (χ1n) is 8.34. The first-order valence-corrected chi connectivity index (χ1v) is 9.42. The van der Waals surface area contributed by atoms with Gasteiger partial charge in [-0.2, -0.15) is 0 Å². The Morgan fingerprint density at radius 3 is 2.62 bits per heavy atom. The van der Waals surface area contributed by atoms with E-state index in [1.165, 1.54) is 41.4 Å². The predicted molar refractivity (Wildman–Crippen MR) is 97.4 cm³/mol. The van der Waals surface area contributed by atoms with Crippen LogP contribution in [0.5, 0.6) is 0 Å². The fourth-order valence-electron chi connectivity index (χ4n) is 3.71. The van der Waals surface area contributed by atoms with E-state index in [2.05, 4.69) is 70.9 Å². The summed E-state index contributed by atoms with van der Waals surface area (Å²) < 4.78 is 1.32. The minimum absolute atomic E-state index is 0.341. The first kappa shape index (κ1) is 15.8. The van der Waals surface area contributed by atoms with E-state index in [0.29, 0.717) is 11.6 Å². The molecule has 0 spiro atoms. The van der Waals surface area contributed by atoms with Crippen molar-refractivity contribution in [3.05, 3.63) is 33.4 Å². The second-order valence-electron chi connectivity index (χ2n) is 7.05. The fraction of sp³-hybridized carbons (Fsp3) is 0.667. The Morgan fingerprint density at radius 2 is 2.00 bits per heavy atom. The van der Waals surface area contributed by atoms with Gasteiger partial charge >= 0.3 is 0 Å². The summed E-state index contributed by atoms with van der Waals surface area (Å²) in [5.74, 6) is 0.902. The first-order chi connectivity index (χ1) is 10.1. The Kier molecular flexibility index (Phi) is 4.91. The number of hydrogen-bond donors (Lipinski definition) is 1. The van der Waals surface area contributed by atoms with Crippen LogP contribution in [0, 0.1) is 9.49 Å². The summed E-state index contributed by atoms with van der Waals surface area (Å²) in [6.07, 6.45) is 5.41. The quantitative estimate of drug-likeness (QED) is 0.754. The van der Waals surface area contributed by atoms with E-state index in [0.717, 1.165) is 19.0 Å². The van der Waals surface area contributed by atoms with Crippen molar-refractivity contribution in [2.24, 2.45) is 5.92 Å². The Balaban J connectivity index is 1.71. The van der Waals surface area contributed by atoms with E-state index in [1.54, 1.807) is 0 Å². The summed E-state index contributed by atoms with van der Waals surface area (Å²) in [4.78, 5) is 2.74. The van der Waals surface area contributed by atoms with Crippen LogP contribution in [-0.4, -0.2) is 29.6 Å². The summed E-state index contributed by atoms with van der Waals surface area (Å²) in [5, 5.41) is 3.87. The van der Waals surface area contributed by atoms with Crippen LogP contribution in [0.2, 0.25) is 0 Å². The molecule has 1 saturated heterocycles. The number of rotatable bonds is 5. The maximum Gasteiger partial charge on any atom is 0.0309 e. The molecule has 1 aromatic carbocycles. The van der Waals surface area contributed by atoms with Crippen molar-refractivity contribution in [3.8, 4) is 0 Å². The molecule has 1 aliphatic carbocycles. The Hall–Kier alpha value is -0.130. The molecule has 3 heteroatoms. The van der Waals surface area contributed by atoms with Crippen LogP contribution in [0.25, 0.3) is 0 Å². The SMILES string of the molecule is CCCC1CNC(C)(C2CC2)CN1Cc1ccc(I)cc1. The van der Waals surface area contributed by atoms with E-state index >= 15 is 0 Å². The van der Waals surface area contributed by atoms with Gasteiger partial charge in [-0.25, -0.2) is 0 Å². The zero-order valence-corrected chi connectivity index (χ0v) is 15.4. The van der Waals surface area contributed by atoms with Crippen molar-refractivity contribution in [3.63, 3.8) is 0 Å². The highest BCUT2D eigenvalue weighted by Gasteiger charge is 2.45. The minimum atomic E-state index is 0.341. The van der Waals surface area contributed by atoms with Gasteiger partial charge in [0.25, 0.3) is 0 Å². The van der Waals surface area contributed by atoms with E-state index in [-0.39, 0.29) is 0 Å². The Labute approximate surface area is 142 Å². The molecule has 2 unspecified atom stereocenters. The summed E-state index contributed by atoms with van der Waals surface area (Å²) in [7, 11) is 0. The van der Waals surface area contributed by atoms with Gasteiger partial charge < -0.3 is 5.32 Å². The van der Waals surface area contributed by atoms with Crippen molar-refractivity contribution < 1.29 is 0 Å². The zero-order chi connectivity index (χ0) is 14.9. The smallest absolute Gasteiger partial charge is 0.0309 e. The molecule has 21 heavy (non-hydrogen) atoms. The van der Waals surface area contributed by atoms with Crippen LogP contribution in [-0.2, 0) is 6.54 Å². The summed E-state index contributed by atoms with van der Waals surface area (Å²) in [6, 6.07) is 9.74. The van der Waals surface area contributed by atoms with E-state index in [4.69, 9.17) is 0 Å². The van der Waals surface area contributed by atoms with Gasteiger partial charge in [0.1, 0.15) is 0 Å². The number of piperazine rings is 1. The molecule has 0 aromatic heterocycles. The third-order valence-electron chi connectivity index (χ3n) is 5.19. The molecule has 2 fully saturated rings. The normalized spacial score (nSPS) is 30.5. The highest BCUT2D eigenvalue weighted by atomic mass is 127. The molecule has 1 aliphatic heterocycles. The van der Waals surface area contributed by atoms with Crippen LogP contribution in [0.15, 0.2) is 24.3 Å². The number of benzene rings is 1. The third kappa shape index (κ3) is 3.80. The van der Waals surface area contributed by atoms with E-state index in [1.807, 2.05) is 0 Å². The van der Waals surface area contributed by atoms with E-state index < -0.39 is 0 Å². The maximum absolute atomic E-state index is 3.87. The molecule has 0 bridgehead atoms. The third-order valence-corrected chi connectivity index (χ3v) is 5.91. The molecule has 0 radical (unpaired) electrons. The lowest BCUT2D eigenvalue weighted by Gasteiger charge is -2.47. The highest BCUT2D eigenvalue weighted by Crippen LogP contribution is 2.41. The molecule has 116 valence electrons. The lowest BCUT2D eigenvalue weighted by atomic mass is 9.89. The van der Waals surface area contributed by atoms with Crippen molar-refractivity contribution in [1.29, 1.82) is 0 Å². The van der Waals surface area contributed by atoms with Crippen molar-refractivity contribution >= 4 is 22.6 Å². The molecule has 2 nitrogen and oxygen atoms in total.